The summed E-state index contributed by atoms with van der Waals surface area (Å²) in [5.41, 5.74) is 1.66. The number of thiazole rings is 1. The van der Waals surface area contributed by atoms with E-state index >= 15 is 0 Å². The van der Waals surface area contributed by atoms with E-state index in [1.165, 1.54) is 17.4 Å². The van der Waals surface area contributed by atoms with Crippen LogP contribution in [-0.2, 0) is 17.8 Å². The van der Waals surface area contributed by atoms with Crippen LogP contribution in [-0.4, -0.2) is 10.9 Å². The summed E-state index contributed by atoms with van der Waals surface area (Å²) in [6.45, 7) is 2.31. The molecule has 1 amide bonds. The van der Waals surface area contributed by atoms with Gasteiger partial charge in [0.2, 0.25) is 5.91 Å². The van der Waals surface area contributed by atoms with E-state index in [2.05, 4.69) is 10.3 Å². The van der Waals surface area contributed by atoms with Crippen molar-refractivity contribution >= 4 is 22.9 Å². The van der Waals surface area contributed by atoms with Crippen LogP contribution in [0.15, 0.2) is 47.8 Å². The van der Waals surface area contributed by atoms with E-state index in [1.807, 2.05) is 31.2 Å². The van der Waals surface area contributed by atoms with Crippen molar-refractivity contribution in [2.75, 3.05) is 5.32 Å². The van der Waals surface area contributed by atoms with Gasteiger partial charge in [0, 0.05) is 11.4 Å². The molecule has 1 aromatic heterocycles. The Balaban J connectivity index is 1.54. The summed E-state index contributed by atoms with van der Waals surface area (Å²) in [4.78, 5) is 16.3. The standard InChI is InChI=1S/C19H16F2N2O2S/c1-12-2-5-15(6-3-12)25-10-19-22-14(11-26-19)9-18(24)23-17-7-4-13(20)8-16(17)21/h2-8,11H,9-10H2,1H3,(H,23,24). The number of hydrogen-bond acceptors (Lipinski definition) is 4. The van der Waals surface area contributed by atoms with E-state index < -0.39 is 17.5 Å². The van der Waals surface area contributed by atoms with Crippen molar-refractivity contribution in [3.05, 3.63) is 75.7 Å². The Morgan fingerprint density at radius 1 is 1.19 bits per heavy atom. The highest BCUT2D eigenvalue weighted by molar-refractivity contribution is 7.09. The van der Waals surface area contributed by atoms with Crippen molar-refractivity contribution in [1.29, 1.82) is 0 Å². The molecule has 0 aliphatic rings. The van der Waals surface area contributed by atoms with E-state index in [9.17, 15) is 13.6 Å². The second-order valence-corrected chi connectivity index (χ2v) is 6.63. The monoisotopic (exact) mass is 374 g/mol. The molecule has 2 aromatic carbocycles. The fraction of sp³-hybridized carbons (Fsp3) is 0.158. The Hall–Kier alpha value is -2.80. The molecule has 0 fully saturated rings. The van der Waals surface area contributed by atoms with Gasteiger partial charge in [0.15, 0.2) is 0 Å². The molecule has 1 heterocycles. The zero-order chi connectivity index (χ0) is 18.5. The second-order valence-electron chi connectivity index (χ2n) is 5.68. The fourth-order valence-corrected chi connectivity index (χ4v) is 2.93. The van der Waals surface area contributed by atoms with E-state index in [4.69, 9.17) is 4.74 Å². The molecule has 4 nitrogen and oxygen atoms in total. The summed E-state index contributed by atoms with van der Waals surface area (Å²) in [7, 11) is 0. The number of amides is 1. The Bertz CT molecular complexity index is 910. The highest BCUT2D eigenvalue weighted by Gasteiger charge is 2.11. The van der Waals surface area contributed by atoms with Gasteiger partial charge in [-0.25, -0.2) is 13.8 Å². The highest BCUT2D eigenvalue weighted by atomic mass is 32.1. The van der Waals surface area contributed by atoms with Gasteiger partial charge in [-0.2, -0.15) is 0 Å². The average molecular weight is 374 g/mol. The molecule has 0 aliphatic carbocycles. The van der Waals surface area contributed by atoms with Crippen molar-refractivity contribution in [3.8, 4) is 5.75 Å². The molecule has 0 bridgehead atoms. The number of benzene rings is 2. The molecule has 3 aromatic rings. The van der Waals surface area contributed by atoms with Crippen LogP contribution in [0, 0.1) is 18.6 Å². The predicted octanol–water partition coefficient (Wildman–Crippen LogP) is 4.49. The molecular weight excluding hydrogens is 358 g/mol. The molecular formula is C19H16F2N2O2S. The lowest BCUT2D eigenvalue weighted by molar-refractivity contribution is -0.115. The van der Waals surface area contributed by atoms with Crippen molar-refractivity contribution in [2.45, 2.75) is 20.0 Å². The molecule has 3 rings (SSSR count). The number of aromatic nitrogens is 1. The van der Waals surface area contributed by atoms with Gasteiger partial charge in [0.05, 0.1) is 17.8 Å². The van der Waals surface area contributed by atoms with Crippen LogP contribution in [0.1, 0.15) is 16.3 Å². The number of hydrogen-bond donors (Lipinski definition) is 1. The highest BCUT2D eigenvalue weighted by Crippen LogP contribution is 2.18. The number of halogens is 2. The molecule has 26 heavy (non-hydrogen) atoms. The molecule has 134 valence electrons. The maximum absolute atomic E-state index is 13.6. The van der Waals surface area contributed by atoms with E-state index in [0.717, 1.165) is 28.5 Å². The maximum Gasteiger partial charge on any atom is 0.230 e. The van der Waals surface area contributed by atoms with Gasteiger partial charge < -0.3 is 10.1 Å². The lowest BCUT2D eigenvalue weighted by Crippen LogP contribution is -2.15. The Morgan fingerprint density at radius 2 is 1.96 bits per heavy atom. The first-order chi connectivity index (χ1) is 12.5. The Morgan fingerprint density at radius 3 is 2.69 bits per heavy atom. The topological polar surface area (TPSA) is 51.2 Å². The van der Waals surface area contributed by atoms with Gasteiger partial charge in [-0.05, 0) is 31.2 Å². The average Bonchev–Trinajstić information content (AvgIpc) is 3.04. The molecule has 0 saturated carbocycles. The summed E-state index contributed by atoms with van der Waals surface area (Å²) < 4.78 is 32.1. The zero-order valence-corrected chi connectivity index (χ0v) is 14.8. The first-order valence-electron chi connectivity index (χ1n) is 7.87. The third-order valence-corrected chi connectivity index (χ3v) is 4.40. The molecule has 1 N–H and O–H groups in total. The zero-order valence-electron chi connectivity index (χ0n) is 14.0. The number of ether oxygens (including phenoxy) is 1. The van der Waals surface area contributed by atoms with Gasteiger partial charge in [0.25, 0.3) is 0 Å². The van der Waals surface area contributed by atoms with Crippen LogP contribution < -0.4 is 10.1 Å². The van der Waals surface area contributed by atoms with E-state index in [0.29, 0.717) is 12.3 Å². The van der Waals surface area contributed by atoms with E-state index in [-0.39, 0.29) is 12.1 Å². The number of rotatable bonds is 6. The van der Waals surface area contributed by atoms with Crippen molar-refractivity contribution in [1.82, 2.24) is 4.98 Å². The lowest BCUT2D eigenvalue weighted by atomic mass is 10.2. The molecule has 7 heteroatoms. The molecule has 0 spiro atoms. The number of anilines is 1. The summed E-state index contributed by atoms with van der Waals surface area (Å²) in [6.07, 6.45) is -0.00213. The molecule has 0 aliphatic heterocycles. The number of carbonyl (C=O) groups is 1. The van der Waals surface area contributed by atoms with Crippen LogP contribution in [0.25, 0.3) is 0 Å². The number of aryl methyl sites for hydroxylation is 1. The van der Waals surface area contributed by atoms with Crippen LogP contribution in [0.3, 0.4) is 0 Å². The summed E-state index contributed by atoms with van der Waals surface area (Å²) in [5, 5.41) is 4.91. The van der Waals surface area contributed by atoms with Crippen LogP contribution in [0.5, 0.6) is 5.75 Å². The quantitative estimate of drug-likeness (QED) is 0.692. The largest absolute Gasteiger partial charge is 0.486 e. The third-order valence-electron chi connectivity index (χ3n) is 3.53. The minimum atomic E-state index is -0.816. The Labute approximate surface area is 153 Å². The molecule has 0 atom stereocenters. The predicted molar refractivity (Wildman–Crippen MR) is 96.3 cm³/mol. The molecule has 0 saturated heterocycles. The number of nitrogens with one attached hydrogen (secondary N) is 1. The first-order valence-corrected chi connectivity index (χ1v) is 8.75. The van der Waals surface area contributed by atoms with Crippen molar-refractivity contribution in [3.63, 3.8) is 0 Å². The second kappa shape index (κ2) is 8.05. The normalized spacial score (nSPS) is 10.6. The van der Waals surface area contributed by atoms with Crippen molar-refractivity contribution in [2.24, 2.45) is 0 Å². The minimum Gasteiger partial charge on any atom is -0.486 e. The molecule has 0 unspecified atom stereocenters. The number of carbonyl (C=O) groups excluding carboxylic acids is 1. The summed E-state index contributed by atoms with van der Waals surface area (Å²) in [6, 6.07) is 10.7. The van der Waals surface area contributed by atoms with Crippen LogP contribution in [0.2, 0.25) is 0 Å². The summed E-state index contributed by atoms with van der Waals surface area (Å²) in [5.74, 6) is -1.19. The van der Waals surface area contributed by atoms with Gasteiger partial charge >= 0.3 is 0 Å². The lowest BCUT2D eigenvalue weighted by Gasteiger charge is -2.05. The fourth-order valence-electron chi connectivity index (χ4n) is 2.23. The smallest absolute Gasteiger partial charge is 0.230 e. The third kappa shape index (κ3) is 4.86. The first kappa shape index (κ1) is 18.0. The minimum absolute atomic E-state index is 0.00213. The maximum atomic E-state index is 13.6. The SMILES string of the molecule is Cc1ccc(OCc2nc(CC(=O)Nc3ccc(F)cc3F)cs2)cc1. The Kier molecular flexibility index (Phi) is 5.58. The molecule has 0 radical (unpaired) electrons. The van der Waals surface area contributed by atoms with Crippen LogP contribution >= 0.6 is 11.3 Å². The summed E-state index contributed by atoms with van der Waals surface area (Å²) >= 11 is 1.39. The van der Waals surface area contributed by atoms with Crippen LogP contribution in [0.4, 0.5) is 14.5 Å². The van der Waals surface area contributed by atoms with Gasteiger partial charge in [-0.15, -0.1) is 11.3 Å². The van der Waals surface area contributed by atoms with Gasteiger partial charge in [-0.1, -0.05) is 17.7 Å². The van der Waals surface area contributed by atoms with E-state index in [1.54, 1.807) is 5.38 Å². The van der Waals surface area contributed by atoms with Gasteiger partial charge in [0.1, 0.15) is 29.0 Å². The van der Waals surface area contributed by atoms with Gasteiger partial charge in [-0.3, -0.25) is 4.79 Å². The number of nitrogens with zero attached hydrogens (tertiary/aromatic N) is 1. The van der Waals surface area contributed by atoms with Crippen molar-refractivity contribution < 1.29 is 18.3 Å².